The molecule has 30 heavy (non-hydrogen) atoms. The van der Waals surface area contributed by atoms with Crippen molar-refractivity contribution in [1.82, 2.24) is 20.1 Å². The van der Waals surface area contributed by atoms with Gasteiger partial charge in [0.1, 0.15) is 11.6 Å². The molecule has 3 atom stereocenters. The second-order valence-electron chi connectivity index (χ2n) is 9.00. The van der Waals surface area contributed by atoms with E-state index in [1.54, 1.807) is 11.0 Å². The fraction of sp³-hybridized carbons (Fsp3) is 0.591. The number of hydrogen-bond donors (Lipinski definition) is 1. The minimum atomic E-state index is -0.366. The first-order valence-electron chi connectivity index (χ1n) is 10.9. The summed E-state index contributed by atoms with van der Waals surface area (Å²) in [5.74, 6) is 0.635. The van der Waals surface area contributed by atoms with E-state index in [-0.39, 0.29) is 30.1 Å². The van der Waals surface area contributed by atoms with Crippen molar-refractivity contribution in [2.24, 2.45) is 5.92 Å². The molecule has 2 aromatic rings. The number of benzene rings is 1. The lowest BCUT2D eigenvalue weighted by molar-refractivity contribution is -0.133. The molecule has 1 unspecified atom stereocenters. The lowest BCUT2D eigenvalue weighted by atomic mass is 9.86. The summed E-state index contributed by atoms with van der Waals surface area (Å²) < 4.78 is 6.02. The molecule has 4 saturated heterocycles. The second-order valence-corrected chi connectivity index (χ2v) is 9.00. The van der Waals surface area contributed by atoms with Gasteiger partial charge in [0.15, 0.2) is 5.58 Å². The molecular formula is C22H29N5O3. The number of likely N-dealkylation sites (N-methyl/N-ethyl adjacent to an activating group) is 1. The van der Waals surface area contributed by atoms with E-state index in [1.807, 2.05) is 31.0 Å². The number of fused-ring (bicyclic) bond motifs is 4. The van der Waals surface area contributed by atoms with E-state index in [0.29, 0.717) is 35.1 Å². The molecule has 0 radical (unpaired) electrons. The van der Waals surface area contributed by atoms with Gasteiger partial charge in [0, 0.05) is 32.7 Å². The fourth-order valence-electron chi connectivity index (χ4n) is 5.32. The third-order valence-corrected chi connectivity index (χ3v) is 6.98. The minimum Gasteiger partial charge on any atom is -0.423 e. The lowest BCUT2D eigenvalue weighted by Gasteiger charge is -2.45. The zero-order valence-corrected chi connectivity index (χ0v) is 17.8. The molecule has 2 amide bonds. The van der Waals surface area contributed by atoms with Crippen molar-refractivity contribution < 1.29 is 14.0 Å². The maximum absolute atomic E-state index is 13.1. The first-order chi connectivity index (χ1) is 14.4. The van der Waals surface area contributed by atoms with Crippen LogP contribution in [0.1, 0.15) is 43.5 Å². The average molecular weight is 412 g/mol. The van der Waals surface area contributed by atoms with Crippen molar-refractivity contribution >= 4 is 28.9 Å². The third-order valence-electron chi connectivity index (χ3n) is 6.98. The van der Waals surface area contributed by atoms with Crippen LogP contribution < -0.4 is 10.2 Å². The van der Waals surface area contributed by atoms with E-state index in [4.69, 9.17) is 4.42 Å². The number of carbonyl (C=O) groups excluding carboxylic acids is 2. The number of amides is 2. The molecule has 8 heteroatoms. The molecule has 0 spiro atoms. The molecule has 4 aliphatic rings. The minimum absolute atomic E-state index is 0.0368. The largest absolute Gasteiger partial charge is 0.423 e. The zero-order valence-electron chi connectivity index (χ0n) is 17.8. The molecule has 6 rings (SSSR count). The Hall–Kier alpha value is -2.61. The average Bonchev–Trinajstić information content (AvgIpc) is 3.16. The van der Waals surface area contributed by atoms with E-state index in [9.17, 15) is 9.59 Å². The van der Waals surface area contributed by atoms with Gasteiger partial charge < -0.3 is 19.5 Å². The number of hydrogen-bond acceptors (Lipinski definition) is 6. The van der Waals surface area contributed by atoms with Crippen LogP contribution in [-0.4, -0.2) is 71.5 Å². The summed E-state index contributed by atoms with van der Waals surface area (Å²) >= 11 is 0. The van der Waals surface area contributed by atoms with Crippen LogP contribution >= 0.6 is 0 Å². The zero-order chi connectivity index (χ0) is 21.0. The van der Waals surface area contributed by atoms with Crippen LogP contribution in [0.5, 0.6) is 0 Å². The van der Waals surface area contributed by atoms with Crippen LogP contribution in [0.2, 0.25) is 0 Å². The first-order valence-corrected chi connectivity index (χ1v) is 10.9. The molecule has 4 fully saturated rings. The van der Waals surface area contributed by atoms with Crippen molar-refractivity contribution in [2.75, 3.05) is 31.6 Å². The number of aromatic nitrogens is 1. The third kappa shape index (κ3) is 3.14. The number of piperazine rings is 1. The van der Waals surface area contributed by atoms with Crippen LogP contribution in [-0.2, 0) is 4.79 Å². The summed E-state index contributed by atoms with van der Waals surface area (Å²) in [6.07, 6.45) is 3.58. The molecule has 5 heterocycles. The van der Waals surface area contributed by atoms with Gasteiger partial charge in [0.2, 0.25) is 5.91 Å². The van der Waals surface area contributed by atoms with Gasteiger partial charge in [-0.25, -0.2) is 0 Å². The van der Waals surface area contributed by atoms with Gasteiger partial charge >= 0.3 is 0 Å². The van der Waals surface area contributed by atoms with Crippen LogP contribution in [0.25, 0.3) is 11.1 Å². The summed E-state index contributed by atoms with van der Waals surface area (Å²) in [6, 6.07) is 5.53. The molecule has 4 aliphatic heterocycles. The van der Waals surface area contributed by atoms with E-state index < -0.39 is 0 Å². The van der Waals surface area contributed by atoms with Crippen molar-refractivity contribution in [2.45, 2.75) is 51.4 Å². The Morgan fingerprint density at radius 3 is 2.70 bits per heavy atom. The Balaban J connectivity index is 1.43. The Morgan fingerprint density at radius 2 is 2.00 bits per heavy atom. The second kappa shape index (κ2) is 7.27. The number of oxazole rings is 1. The van der Waals surface area contributed by atoms with Crippen LogP contribution in [0.3, 0.4) is 0 Å². The van der Waals surface area contributed by atoms with Gasteiger partial charge in [0.05, 0.1) is 11.7 Å². The van der Waals surface area contributed by atoms with Crippen molar-refractivity contribution in [3.63, 3.8) is 0 Å². The van der Waals surface area contributed by atoms with Gasteiger partial charge in [0.25, 0.3) is 11.9 Å². The quantitative estimate of drug-likeness (QED) is 0.833. The first kappa shape index (κ1) is 19.4. The smallest absolute Gasteiger partial charge is 0.299 e. The molecular weight excluding hydrogens is 382 g/mol. The number of carbonyl (C=O) groups is 2. The van der Waals surface area contributed by atoms with Gasteiger partial charge in [-0.3, -0.25) is 14.5 Å². The highest BCUT2D eigenvalue weighted by molar-refractivity contribution is 6.05. The van der Waals surface area contributed by atoms with Crippen LogP contribution in [0.15, 0.2) is 22.6 Å². The summed E-state index contributed by atoms with van der Waals surface area (Å²) in [6.45, 7) is 6.63. The molecule has 1 aromatic heterocycles. The molecule has 8 nitrogen and oxygen atoms in total. The van der Waals surface area contributed by atoms with E-state index >= 15 is 0 Å². The van der Waals surface area contributed by atoms with E-state index in [1.165, 1.54) is 12.8 Å². The predicted octanol–water partition coefficient (Wildman–Crippen LogP) is 2.05. The monoisotopic (exact) mass is 411 g/mol. The summed E-state index contributed by atoms with van der Waals surface area (Å²) in [5, 5.41) is 3.21. The highest BCUT2D eigenvalue weighted by atomic mass is 16.4. The molecule has 1 aromatic carbocycles. The molecule has 1 N–H and O–H groups in total. The maximum Gasteiger partial charge on any atom is 0.299 e. The molecule has 2 bridgehead atoms. The van der Waals surface area contributed by atoms with Crippen LogP contribution in [0.4, 0.5) is 6.01 Å². The highest BCUT2D eigenvalue weighted by Crippen LogP contribution is 2.32. The Kier molecular flexibility index (Phi) is 4.69. The number of piperidine rings is 3. The molecule has 160 valence electrons. The van der Waals surface area contributed by atoms with Gasteiger partial charge in [-0.2, -0.15) is 4.98 Å². The predicted molar refractivity (Wildman–Crippen MR) is 113 cm³/mol. The number of nitrogens with zero attached hydrogens (tertiary/aromatic N) is 4. The Labute approximate surface area is 176 Å². The number of para-hydroxylation sites is 1. The maximum atomic E-state index is 13.1. The molecule has 0 saturated carbocycles. The number of anilines is 1. The van der Waals surface area contributed by atoms with Gasteiger partial charge in [-0.15, -0.1) is 0 Å². The highest BCUT2D eigenvalue weighted by Gasteiger charge is 2.38. The lowest BCUT2D eigenvalue weighted by Crippen LogP contribution is -2.59. The SMILES string of the molecule is C[C@H]1CN(C)C(=O)[C@H](C)N1c1nc2c(C(=O)NC3CC4CCN3CC4)cccc2o1. The standard InChI is InChI=1S/C22H29N5O3/c1-13-12-25(3)21(29)14(2)27(13)22-24-19-16(5-4-6-17(19)30-22)20(28)23-18-11-15-7-9-26(18)10-8-15/h4-6,13-15,18H,7-12H2,1-3H3,(H,23,28)/t13-,14-,18?/m0/s1. The van der Waals surface area contributed by atoms with E-state index in [2.05, 4.69) is 22.1 Å². The van der Waals surface area contributed by atoms with Crippen molar-refractivity contribution in [3.8, 4) is 0 Å². The van der Waals surface area contributed by atoms with Gasteiger partial charge in [-0.05, 0) is 51.2 Å². The summed E-state index contributed by atoms with van der Waals surface area (Å²) in [4.78, 5) is 36.3. The van der Waals surface area contributed by atoms with Gasteiger partial charge in [-0.1, -0.05) is 6.07 Å². The fourth-order valence-corrected chi connectivity index (χ4v) is 5.32. The summed E-state index contributed by atoms with van der Waals surface area (Å²) in [7, 11) is 1.81. The Morgan fingerprint density at radius 1 is 1.23 bits per heavy atom. The topological polar surface area (TPSA) is 81.9 Å². The molecule has 0 aliphatic carbocycles. The van der Waals surface area contributed by atoms with Crippen molar-refractivity contribution in [1.29, 1.82) is 0 Å². The number of nitrogens with one attached hydrogen (secondary N) is 1. The van der Waals surface area contributed by atoms with Crippen LogP contribution in [0, 0.1) is 5.92 Å². The summed E-state index contributed by atoms with van der Waals surface area (Å²) in [5.41, 5.74) is 1.63. The Bertz CT molecular complexity index is 980. The van der Waals surface area contributed by atoms with Crippen molar-refractivity contribution in [3.05, 3.63) is 23.8 Å². The number of rotatable bonds is 3. The van der Waals surface area contributed by atoms with E-state index in [0.717, 1.165) is 19.5 Å². The normalized spacial score (nSPS) is 31.4.